The summed E-state index contributed by atoms with van der Waals surface area (Å²) in [6, 6.07) is 1.73. The van der Waals surface area contributed by atoms with E-state index in [2.05, 4.69) is 10.3 Å². The van der Waals surface area contributed by atoms with Gasteiger partial charge in [-0.25, -0.2) is 0 Å². The molecule has 1 aromatic heterocycles. The van der Waals surface area contributed by atoms with Crippen LogP contribution in [0.25, 0.3) is 6.08 Å². The van der Waals surface area contributed by atoms with Crippen LogP contribution < -0.4 is 11.1 Å². The van der Waals surface area contributed by atoms with Crippen molar-refractivity contribution in [3.63, 3.8) is 0 Å². The molecule has 1 saturated heterocycles. The highest BCUT2D eigenvalue weighted by molar-refractivity contribution is 6.56. The molecule has 0 aliphatic carbocycles. The van der Waals surface area contributed by atoms with Gasteiger partial charge in [-0.3, -0.25) is 9.78 Å². The Morgan fingerprint density at radius 1 is 1.35 bits per heavy atom. The average molecular weight is 317 g/mol. The van der Waals surface area contributed by atoms with Gasteiger partial charge in [-0.15, -0.1) is 0 Å². The van der Waals surface area contributed by atoms with Crippen molar-refractivity contribution in [2.75, 3.05) is 12.3 Å². The van der Waals surface area contributed by atoms with Gasteiger partial charge in [-0.05, 0) is 39.2 Å². The molecule has 0 bridgehead atoms. The zero-order chi connectivity index (χ0) is 17.3. The molecule has 0 radical (unpaired) electrons. The van der Waals surface area contributed by atoms with Crippen LogP contribution in [0.3, 0.4) is 0 Å². The number of nitrogen functional groups attached to an aromatic ring is 1. The molecular formula is C16H24BN3O3. The van der Waals surface area contributed by atoms with E-state index in [9.17, 15) is 4.79 Å². The molecule has 124 valence electrons. The summed E-state index contributed by atoms with van der Waals surface area (Å²) in [4.78, 5) is 15.4. The summed E-state index contributed by atoms with van der Waals surface area (Å²) in [6.45, 7) is 9.74. The lowest BCUT2D eigenvalue weighted by Crippen LogP contribution is -2.41. The molecule has 7 heteroatoms. The lowest BCUT2D eigenvalue weighted by atomic mass is 9.77. The summed E-state index contributed by atoms with van der Waals surface area (Å²) < 4.78 is 12.1. The molecule has 0 atom stereocenters. The summed E-state index contributed by atoms with van der Waals surface area (Å²) in [5.74, 6) is -0.119. The minimum atomic E-state index is -0.550. The molecule has 1 fully saturated rings. The third-order valence-electron chi connectivity index (χ3n) is 4.33. The molecule has 0 saturated carbocycles. The minimum Gasteiger partial charge on any atom is -0.400 e. The first kappa shape index (κ1) is 17.5. The first-order valence-electron chi connectivity index (χ1n) is 7.62. The van der Waals surface area contributed by atoms with Gasteiger partial charge in [0, 0.05) is 37.1 Å². The Morgan fingerprint density at radius 3 is 2.48 bits per heavy atom. The number of amides is 1. The van der Waals surface area contributed by atoms with Gasteiger partial charge in [0.15, 0.2) is 0 Å². The van der Waals surface area contributed by atoms with Gasteiger partial charge in [0.2, 0.25) is 5.91 Å². The second kappa shape index (κ2) is 6.33. The van der Waals surface area contributed by atoms with E-state index in [1.54, 1.807) is 18.5 Å². The topological polar surface area (TPSA) is 86.5 Å². The standard InChI is InChI=1S/C16H24BN3O3/c1-11(21)20-10-13(8-12-9-19-7-6-14(12)18)17-22-15(2,3)16(4,5)23-17/h6-9H,10H2,1-5H3,(H2,18,19)(H,20,21). The highest BCUT2D eigenvalue weighted by Crippen LogP contribution is 2.38. The number of aromatic nitrogens is 1. The molecule has 1 amide bonds. The molecule has 0 aromatic carbocycles. The van der Waals surface area contributed by atoms with E-state index in [0.717, 1.165) is 11.0 Å². The average Bonchev–Trinajstić information content (AvgIpc) is 2.65. The first-order valence-corrected chi connectivity index (χ1v) is 7.62. The molecule has 1 aliphatic heterocycles. The second-order valence-corrected chi connectivity index (χ2v) is 6.72. The maximum Gasteiger partial charge on any atom is 0.492 e. The van der Waals surface area contributed by atoms with Gasteiger partial charge in [0.25, 0.3) is 0 Å². The number of nitrogens with zero attached hydrogens (tertiary/aromatic N) is 1. The van der Waals surface area contributed by atoms with Gasteiger partial charge in [0.05, 0.1) is 11.2 Å². The van der Waals surface area contributed by atoms with E-state index in [-0.39, 0.29) is 5.91 Å². The fraction of sp³-hybridized carbons (Fsp3) is 0.500. The number of pyridine rings is 1. The molecule has 0 unspecified atom stereocenters. The van der Waals surface area contributed by atoms with Crippen molar-refractivity contribution in [3.8, 4) is 0 Å². The molecular weight excluding hydrogens is 293 g/mol. The highest BCUT2D eigenvalue weighted by atomic mass is 16.7. The number of hydrogen-bond donors (Lipinski definition) is 2. The monoisotopic (exact) mass is 317 g/mol. The number of anilines is 1. The number of hydrogen-bond acceptors (Lipinski definition) is 5. The Hall–Kier alpha value is -1.86. The minimum absolute atomic E-state index is 0.119. The van der Waals surface area contributed by atoms with E-state index >= 15 is 0 Å². The predicted molar refractivity (Wildman–Crippen MR) is 91.4 cm³/mol. The normalized spacial score (nSPS) is 19.7. The van der Waals surface area contributed by atoms with E-state index in [1.807, 2.05) is 33.8 Å². The number of carbonyl (C=O) groups is 1. The smallest absolute Gasteiger partial charge is 0.400 e. The van der Waals surface area contributed by atoms with E-state index < -0.39 is 18.3 Å². The van der Waals surface area contributed by atoms with Crippen molar-refractivity contribution in [1.82, 2.24) is 10.3 Å². The van der Waals surface area contributed by atoms with Crippen LogP contribution in [0.2, 0.25) is 0 Å². The van der Waals surface area contributed by atoms with Crippen LogP contribution in [-0.2, 0) is 14.1 Å². The van der Waals surface area contributed by atoms with Crippen molar-refractivity contribution in [2.45, 2.75) is 45.8 Å². The van der Waals surface area contributed by atoms with E-state index in [0.29, 0.717) is 12.2 Å². The number of carbonyl (C=O) groups excluding carboxylic acids is 1. The van der Waals surface area contributed by atoms with Crippen LogP contribution in [0.5, 0.6) is 0 Å². The first-order chi connectivity index (χ1) is 10.6. The van der Waals surface area contributed by atoms with Gasteiger partial charge in [-0.1, -0.05) is 6.08 Å². The van der Waals surface area contributed by atoms with Crippen molar-refractivity contribution in [1.29, 1.82) is 0 Å². The van der Waals surface area contributed by atoms with Crippen LogP contribution in [0, 0.1) is 0 Å². The third kappa shape index (κ3) is 3.92. The van der Waals surface area contributed by atoms with Crippen molar-refractivity contribution < 1.29 is 14.1 Å². The third-order valence-corrected chi connectivity index (χ3v) is 4.33. The molecule has 1 aromatic rings. The molecule has 1 aliphatic rings. The number of nitrogens with one attached hydrogen (secondary N) is 1. The van der Waals surface area contributed by atoms with Crippen LogP contribution in [0.4, 0.5) is 5.69 Å². The maximum atomic E-state index is 11.3. The molecule has 23 heavy (non-hydrogen) atoms. The number of nitrogens with two attached hydrogens (primary N) is 1. The van der Waals surface area contributed by atoms with Gasteiger partial charge < -0.3 is 20.4 Å². The summed E-state index contributed by atoms with van der Waals surface area (Å²) in [6.07, 6.45) is 5.17. The van der Waals surface area contributed by atoms with Crippen molar-refractivity contribution >= 4 is 24.8 Å². The fourth-order valence-corrected chi connectivity index (χ4v) is 2.16. The quantitative estimate of drug-likeness (QED) is 0.827. The zero-order valence-corrected chi connectivity index (χ0v) is 14.3. The maximum absolute atomic E-state index is 11.3. The lowest BCUT2D eigenvalue weighted by Gasteiger charge is -2.32. The van der Waals surface area contributed by atoms with Gasteiger partial charge >= 0.3 is 7.12 Å². The summed E-state index contributed by atoms with van der Waals surface area (Å²) in [5, 5.41) is 2.79. The molecule has 3 N–H and O–H groups in total. The van der Waals surface area contributed by atoms with Crippen molar-refractivity contribution in [2.24, 2.45) is 0 Å². The second-order valence-electron chi connectivity index (χ2n) is 6.72. The molecule has 0 spiro atoms. The van der Waals surface area contributed by atoms with Crippen LogP contribution in [-0.4, -0.2) is 35.8 Å². The largest absolute Gasteiger partial charge is 0.492 e. The van der Waals surface area contributed by atoms with E-state index in [4.69, 9.17) is 15.0 Å². The van der Waals surface area contributed by atoms with Crippen molar-refractivity contribution in [3.05, 3.63) is 29.5 Å². The zero-order valence-electron chi connectivity index (χ0n) is 14.3. The fourth-order valence-electron chi connectivity index (χ4n) is 2.16. The van der Waals surface area contributed by atoms with Crippen LogP contribution in [0.15, 0.2) is 23.9 Å². The molecule has 6 nitrogen and oxygen atoms in total. The Labute approximate surface area is 137 Å². The predicted octanol–water partition coefficient (Wildman–Crippen LogP) is 1.81. The van der Waals surface area contributed by atoms with Crippen LogP contribution >= 0.6 is 0 Å². The number of rotatable bonds is 4. The lowest BCUT2D eigenvalue weighted by molar-refractivity contribution is -0.118. The molecule has 2 rings (SSSR count). The van der Waals surface area contributed by atoms with Crippen LogP contribution in [0.1, 0.15) is 40.2 Å². The summed E-state index contributed by atoms with van der Waals surface area (Å²) in [5.41, 5.74) is 7.24. The Balaban J connectivity index is 2.32. The SMILES string of the molecule is CC(=O)NCC(=Cc1cnccc1N)B1OC(C)(C)C(C)(C)O1. The Kier molecular flexibility index (Phi) is 4.82. The Bertz CT molecular complexity index is 613. The van der Waals surface area contributed by atoms with Gasteiger partial charge in [-0.2, -0.15) is 0 Å². The summed E-state index contributed by atoms with van der Waals surface area (Å²) >= 11 is 0. The summed E-state index contributed by atoms with van der Waals surface area (Å²) in [7, 11) is -0.550. The van der Waals surface area contributed by atoms with E-state index in [1.165, 1.54) is 6.92 Å². The highest BCUT2D eigenvalue weighted by Gasteiger charge is 2.52. The Morgan fingerprint density at radius 2 is 1.96 bits per heavy atom. The molecule has 2 heterocycles. The van der Waals surface area contributed by atoms with Gasteiger partial charge in [0.1, 0.15) is 0 Å².